The maximum Gasteiger partial charge on any atom is 0.266 e. The van der Waals surface area contributed by atoms with E-state index < -0.39 is 5.91 Å². The first-order valence-corrected chi connectivity index (χ1v) is 8.65. The summed E-state index contributed by atoms with van der Waals surface area (Å²) in [6.45, 7) is 2.48. The number of para-hydroxylation sites is 2. The average molecular weight is 415 g/mol. The van der Waals surface area contributed by atoms with Crippen LogP contribution < -0.4 is 19.5 Å². The highest BCUT2D eigenvalue weighted by Gasteiger charge is 2.18. The molecule has 1 heterocycles. The number of halogens is 1. The van der Waals surface area contributed by atoms with Crippen molar-refractivity contribution in [1.82, 2.24) is 0 Å². The third kappa shape index (κ3) is 3.81. The summed E-state index contributed by atoms with van der Waals surface area (Å²) in [5.74, 6) is 1.20. The van der Waals surface area contributed by atoms with Crippen LogP contribution in [0.3, 0.4) is 0 Å². The third-order valence-electron chi connectivity index (χ3n) is 3.59. The van der Waals surface area contributed by atoms with Gasteiger partial charge >= 0.3 is 0 Å². The van der Waals surface area contributed by atoms with Gasteiger partial charge in [-0.3, -0.25) is 4.79 Å². The van der Waals surface area contributed by atoms with Crippen LogP contribution in [0.2, 0.25) is 0 Å². The Morgan fingerprint density at radius 2 is 2.08 bits per heavy atom. The van der Waals surface area contributed by atoms with E-state index >= 15 is 0 Å². The quantitative estimate of drug-likeness (QED) is 0.587. The van der Waals surface area contributed by atoms with Gasteiger partial charge in [0.1, 0.15) is 17.4 Å². The molecule has 26 heavy (non-hydrogen) atoms. The van der Waals surface area contributed by atoms with Crippen molar-refractivity contribution in [3.63, 3.8) is 0 Å². The second-order valence-corrected chi connectivity index (χ2v) is 6.13. The van der Waals surface area contributed by atoms with Gasteiger partial charge in [-0.2, -0.15) is 5.26 Å². The van der Waals surface area contributed by atoms with Gasteiger partial charge in [0.05, 0.1) is 12.3 Å². The minimum absolute atomic E-state index is 0.0455. The second-order valence-electron chi connectivity index (χ2n) is 5.28. The minimum atomic E-state index is -0.524. The number of carbonyl (C=O) groups excluding carboxylic acids is 1. The van der Waals surface area contributed by atoms with Gasteiger partial charge in [-0.05, 0) is 42.8 Å². The summed E-state index contributed by atoms with van der Waals surface area (Å²) in [4.78, 5) is 12.5. The number of carbonyl (C=O) groups is 1. The van der Waals surface area contributed by atoms with Crippen LogP contribution in [0, 0.1) is 11.3 Å². The normalized spacial score (nSPS) is 12.4. The fourth-order valence-corrected chi connectivity index (χ4v) is 2.83. The van der Waals surface area contributed by atoms with Crippen LogP contribution in [-0.4, -0.2) is 19.3 Å². The molecule has 0 saturated carbocycles. The summed E-state index contributed by atoms with van der Waals surface area (Å²) in [6.07, 6.45) is 1.49. The Morgan fingerprint density at radius 3 is 2.81 bits per heavy atom. The number of nitrogens with one attached hydrogen (secondary N) is 1. The summed E-state index contributed by atoms with van der Waals surface area (Å²) >= 11 is 3.41. The molecule has 0 spiro atoms. The number of benzene rings is 2. The van der Waals surface area contributed by atoms with Crippen molar-refractivity contribution in [2.24, 2.45) is 0 Å². The first kappa shape index (κ1) is 17.8. The van der Waals surface area contributed by atoms with E-state index in [2.05, 4.69) is 21.2 Å². The SMILES string of the molecule is CCOc1ccccc1NC(=O)/C(C#N)=C/c1cc2c(cc1Br)OCO2. The van der Waals surface area contributed by atoms with E-state index in [0.29, 0.717) is 39.6 Å². The molecular weight excluding hydrogens is 400 g/mol. The third-order valence-corrected chi connectivity index (χ3v) is 4.28. The van der Waals surface area contributed by atoms with Gasteiger partial charge < -0.3 is 19.5 Å². The molecule has 7 heteroatoms. The van der Waals surface area contributed by atoms with Crippen molar-refractivity contribution in [1.29, 1.82) is 5.26 Å². The van der Waals surface area contributed by atoms with Crippen LogP contribution in [0.4, 0.5) is 5.69 Å². The molecule has 0 bridgehead atoms. The van der Waals surface area contributed by atoms with Gasteiger partial charge in [0.15, 0.2) is 11.5 Å². The lowest BCUT2D eigenvalue weighted by Gasteiger charge is -2.11. The highest BCUT2D eigenvalue weighted by molar-refractivity contribution is 9.10. The molecule has 0 atom stereocenters. The maximum absolute atomic E-state index is 12.5. The number of amides is 1. The zero-order chi connectivity index (χ0) is 18.5. The van der Waals surface area contributed by atoms with E-state index in [-0.39, 0.29) is 12.4 Å². The molecule has 0 saturated heterocycles. The zero-order valence-corrected chi connectivity index (χ0v) is 15.5. The summed E-state index contributed by atoms with van der Waals surface area (Å²) < 4.78 is 16.8. The number of anilines is 1. The van der Waals surface area contributed by atoms with Gasteiger partial charge in [0, 0.05) is 4.47 Å². The Labute approximate surface area is 159 Å². The number of fused-ring (bicyclic) bond motifs is 1. The molecule has 2 aromatic rings. The van der Waals surface area contributed by atoms with Gasteiger partial charge in [-0.25, -0.2) is 0 Å². The molecule has 0 aromatic heterocycles. The topological polar surface area (TPSA) is 80.6 Å². The Bertz CT molecular complexity index is 918. The molecular formula is C19H15BrN2O4. The van der Waals surface area contributed by atoms with Crippen LogP contribution in [0.15, 0.2) is 46.4 Å². The predicted octanol–water partition coefficient (Wildman–Crippen LogP) is 4.12. The number of hydrogen-bond acceptors (Lipinski definition) is 5. The summed E-state index contributed by atoms with van der Waals surface area (Å²) in [6, 6.07) is 12.4. The van der Waals surface area contributed by atoms with Crippen molar-refractivity contribution < 1.29 is 19.0 Å². The molecule has 0 radical (unpaired) electrons. The number of rotatable bonds is 5. The Morgan fingerprint density at radius 1 is 1.35 bits per heavy atom. The Hall–Kier alpha value is -2.98. The molecule has 2 aromatic carbocycles. The predicted molar refractivity (Wildman–Crippen MR) is 100 cm³/mol. The van der Waals surface area contributed by atoms with E-state index in [1.54, 1.807) is 30.3 Å². The van der Waals surface area contributed by atoms with E-state index in [1.807, 2.05) is 19.1 Å². The number of nitriles is 1. The van der Waals surface area contributed by atoms with Gasteiger partial charge in [-0.15, -0.1) is 0 Å². The number of hydrogen-bond donors (Lipinski definition) is 1. The lowest BCUT2D eigenvalue weighted by atomic mass is 10.1. The van der Waals surface area contributed by atoms with Gasteiger partial charge in [0.25, 0.3) is 5.91 Å². The highest BCUT2D eigenvalue weighted by Crippen LogP contribution is 2.37. The lowest BCUT2D eigenvalue weighted by Crippen LogP contribution is -2.14. The number of nitrogens with zero attached hydrogens (tertiary/aromatic N) is 1. The molecule has 3 rings (SSSR count). The molecule has 1 aliphatic heterocycles. The van der Waals surface area contributed by atoms with Crippen LogP contribution in [-0.2, 0) is 4.79 Å². The van der Waals surface area contributed by atoms with E-state index in [0.717, 1.165) is 0 Å². The highest BCUT2D eigenvalue weighted by atomic mass is 79.9. The molecule has 0 aliphatic carbocycles. The largest absolute Gasteiger partial charge is 0.492 e. The van der Waals surface area contributed by atoms with Crippen LogP contribution in [0.25, 0.3) is 6.08 Å². The van der Waals surface area contributed by atoms with Crippen LogP contribution >= 0.6 is 15.9 Å². The summed E-state index contributed by atoms with van der Waals surface area (Å²) in [5, 5.41) is 12.1. The summed E-state index contributed by atoms with van der Waals surface area (Å²) in [5.41, 5.74) is 1.10. The van der Waals surface area contributed by atoms with Gasteiger partial charge in [0.2, 0.25) is 6.79 Å². The van der Waals surface area contributed by atoms with Gasteiger partial charge in [-0.1, -0.05) is 28.1 Å². The Balaban J connectivity index is 1.86. The maximum atomic E-state index is 12.5. The fourth-order valence-electron chi connectivity index (χ4n) is 2.39. The number of ether oxygens (including phenoxy) is 3. The average Bonchev–Trinajstić information content (AvgIpc) is 3.08. The van der Waals surface area contributed by atoms with Crippen molar-refractivity contribution in [3.8, 4) is 23.3 Å². The van der Waals surface area contributed by atoms with E-state index in [4.69, 9.17) is 14.2 Å². The first-order valence-electron chi connectivity index (χ1n) is 7.86. The molecule has 132 valence electrons. The minimum Gasteiger partial charge on any atom is -0.492 e. The van der Waals surface area contributed by atoms with Crippen molar-refractivity contribution >= 4 is 33.6 Å². The monoisotopic (exact) mass is 414 g/mol. The molecule has 0 unspecified atom stereocenters. The molecule has 1 aliphatic rings. The van der Waals surface area contributed by atoms with Crippen molar-refractivity contribution in [3.05, 3.63) is 52.0 Å². The Kier molecular flexibility index (Phi) is 5.44. The van der Waals surface area contributed by atoms with E-state index in [1.165, 1.54) is 6.08 Å². The standard InChI is InChI=1S/C19H15BrN2O4/c1-2-24-16-6-4-3-5-15(16)22-19(23)13(10-21)7-12-8-17-18(9-14(12)20)26-11-25-17/h3-9H,2,11H2,1H3,(H,22,23)/b13-7+. The second kappa shape index (κ2) is 7.93. The molecule has 1 N–H and O–H groups in total. The van der Waals surface area contributed by atoms with Crippen LogP contribution in [0.1, 0.15) is 12.5 Å². The van der Waals surface area contributed by atoms with Crippen LogP contribution in [0.5, 0.6) is 17.2 Å². The smallest absolute Gasteiger partial charge is 0.266 e. The first-order chi connectivity index (χ1) is 12.6. The fraction of sp³-hybridized carbons (Fsp3) is 0.158. The molecule has 1 amide bonds. The summed E-state index contributed by atoms with van der Waals surface area (Å²) in [7, 11) is 0. The zero-order valence-electron chi connectivity index (χ0n) is 13.9. The lowest BCUT2D eigenvalue weighted by molar-refractivity contribution is -0.112. The van der Waals surface area contributed by atoms with Crippen molar-refractivity contribution in [2.45, 2.75) is 6.92 Å². The van der Waals surface area contributed by atoms with Crippen molar-refractivity contribution in [2.75, 3.05) is 18.7 Å². The van der Waals surface area contributed by atoms with E-state index in [9.17, 15) is 10.1 Å². The molecule has 0 fully saturated rings. The molecule has 6 nitrogen and oxygen atoms in total.